The van der Waals surface area contributed by atoms with Crippen molar-refractivity contribution >= 4 is 27.3 Å². The lowest BCUT2D eigenvalue weighted by Gasteiger charge is -2.32. The molecular formula is C14H19ClN4O4S. The van der Waals surface area contributed by atoms with Crippen LogP contribution in [0.5, 0.6) is 0 Å². The van der Waals surface area contributed by atoms with E-state index in [0.717, 1.165) is 44.7 Å². The number of piperazine rings is 1. The average Bonchev–Trinajstić information content (AvgIpc) is 3.06. The van der Waals surface area contributed by atoms with Crippen LogP contribution >= 0.6 is 11.6 Å². The minimum Gasteiger partial charge on any atom is -0.314 e. The van der Waals surface area contributed by atoms with Crippen LogP contribution in [0.25, 0.3) is 0 Å². The Balaban J connectivity index is 1.84. The summed E-state index contributed by atoms with van der Waals surface area (Å²) in [5.74, 6) is 0. The van der Waals surface area contributed by atoms with Crippen LogP contribution in [0.3, 0.4) is 0 Å². The summed E-state index contributed by atoms with van der Waals surface area (Å²) >= 11 is 5.86. The third-order valence-corrected chi connectivity index (χ3v) is 6.66. The van der Waals surface area contributed by atoms with Gasteiger partial charge in [0.1, 0.15) is 0 Å². The molecule has 2 saturated heterocycles. The van der Waals surface area contributed by atoms with E-state index in [1.807, 2.05) is 0 Å². The summed E-state index contributed by atoms with van der Waals surface area (Å²) in [5, 5.41) is 14.6. The second-order valence-corrected chi connectivity index (χ2v) is 8.30. The van der Waals surface area contributed by atoms with Crippen molar-refractivity contribution in [2.75, 3.05) is 39.3 Å². The highest BCUT2D eigenvalue weighted by atomic mass is 35.5. The number of nitrogens with one attached hydrogen (secondary N) is 1. The predicted molar refractivity (Wildman–Crippen MR) is 89.7 cm³/mol. The summed E-state index contributed by atoms with van der Waals surface area (Å²) in [5.41, 5.74) is -0.440. The van der Waals surface area contributed by atoms with Crippen LogP contribution in [0.15, 0.2) is 23.1 Å². The highest BCUT2D eigenvalue weighted by Gasteiger charge is 2.38. The van der Waals surface area contributed by atoms with Crippen LogP contribution < -0.4 is 5.32 Å². The maximum atomic E-state index is 12.9. The van der Waals surface area contributed by atoms with Crippen LogP contribution in [0, 0.1) is 10.1 Å². The standard InChI is InChI=1S/C14H19ClN4O4S/c15-11-1-2-13(19(20)21)14(9-11)24(22,23)18-6-3-12(10-18)17-7-4-16-5-8-17/h1-2,9,12,16H,3-8,10H2. The molecule has 132 valence electrons. The highest BCUT2D eigenvalue weighted by molar-refractivity contribution is 7.89. The Morgan fingerprint density at radius 3 is 2.62 bits per heavy atom. The second-order valence-electron chi connectivity index (χ2n) is 5.96. The predicted octanol–water partition coefficient (Wildman–Crippen LogP) is 0.916. The molecule has 8 nitrogen and oxygen atoms in total. The maximum absolute atomic E-state index is 12.9. The summed E-state index contributed by atoms with van der Waals surface area (Å²) in [6, 6.07) is 3.78. The number of nitrogens with zero attached hydrogens (tertiary/aromatic N) is 3. The van der Waals surface area contributed by atoms with E-state index >= 15 is 0 Å². The number of hydrogen-bond donors (Lipinski definition) is 1. The van der Waals surface area contributed by atoms with Gasteiger partial charge in [0.15, 0.2) is 4.90 Å². The molecule has 2 aliphatic rings. The summed E-state index contributed by atoms with van der Waals surface area (Å²) in [4.78, 5) is 12.4. The van der Waals surface area contributed by atoms with E-state index in [1.165, 1.54) is 10.4 Å². The van der Waals surface area contributed by atoms with Gasteiger partial charge in [-0.3, -0.25) is 15.0 Å². The zero-order valence-corrected chi connectivity index (χ0v) is 14.6. The van der Waals surface area contributed by atoms with Crippen molar-refractivity contribution in [3.05, 3.63) is 33.3 Å². The zero-order chi connectivity index (χ0) is 17.3. The van der Waals surface area contributed by atoms with Crippen LogP contribution in [-0.4, -0.2) is 67.9 Å². The largest absolute Gasteiger partial charge is 0.314 e. The Hall–Kier alpha value is -1.26. The molecule has 0 aromatic heterocycles. The average molecular weight is 375 g/mol. The Kier molecular flexibility index (Phi) is 5.07. The smallest absolute Gasteiger partial charge is 0.289 e. The minimum absolute atomic E-state index is 0.153. The molecular weight excluding hydrogens is 356 g/mol. The fraction of sp³-hybridized carbons (Fsp3) is 0.571. The van der Waals surface area contributed by atoms with Crippen LogP contribution in [0.1, 0.15) is 6.42 Å². The number of sulfonamides is 1. The number of hydrogen-bond acceptors (Lipinski definition) is 6. The second kappa shape index (κ2) is 6.93. The van der Waals surface area contributed by atoms with E-state index in [0.29, 0.717) is 13.1 Å². The molecule has 0 radical (unpaired) electrons. The molecule has 0 bridgehead atoms. The van der Waals surface area contributed by atoms with Crippen molar-refractivity contribution in [3.8, 4) is 0 Å². The third-order valence-electron chi connectivity index (χ3n) is 4.53. The monoisotopic (exact) mass is 374 g/mol. The summed E-state index contributed by atoms with van der Waals surface area (Å²) < 4.78 is 27.1. The van der Waals surface area contributed by atoms with Gasteiger partial charge >= 0.3 is 0 Å². The third kappa shape index (κ3) is 3.40. The SMILES string of the molecule is O=[N+]([O-])c1ccc(Cl)cc1S(=O)(=O)N1CCC(N2CCNCC2)C1. The summed E-state index contributed by atoms with van der Waals surface area (Å²) in [6.45, 7) is 4.27. The van der Waals surface area contributed by atoms with Gasteiger partial charge < -0.3 is 5.32 Å². The summed E-state index contributed by atoms with van der Waals surface area (Å²) in [6.07, 6.45) is 0.730. The Labute approximate surface area is 145 Å². The zero-order valence-electron chi connectivity index (χ0n) is 13.0. The molecule has 3 rings (SSSR count). The van der Waals surface area contributed by atoms with Crippen molar-refractivity contribution in [2.24, 2.45) is 0 Å². The van der Waals surface area contributed by atoms with Gasteiger partial charge in [-0.15, -0.1) is 0 Å². The minimum atomic E-state index is -3.94. The van der Waals surface area contributed by atoms with Crippen LogP contribution in [0.4, 0.5) is 5.69 Å². The Morgan fingerprint density at radius 1 is 1.25 bits per heavy atom. The quantitative estimate of drug-likeness (QED) is 0.621. The molecule has 2 heterocycles. The molecule has 2 aliphatic heterocycles. The Bertz CT molecular complexity index is 736. The normalized spacial score (nSPS) is 23.5. The molecule has 1 atom stereocenters. The van der Waals surface area contributed by atoms with Gasteiger partial charge in [-0.05, 0) is 18.6 Å². The van der Waals surface area contributed by atoms with E-state index < -0.39 is 20.6 Å². The molecule has 1 aromatic carbocycles. The molecule has 0 spiro atoms. The van der Waals surface area contributed by atoms with E-state index in [4.69, 9.17) is 11.6 Å². The molecule has 0 amide bonds. The number of nitro groups is 1. The first kappa shape index (κ1) is 17.6. The molecule has 10 heteroatoms. The number of benzene rings is 1. The van der Waals surface area contributed by atoms with E-state index in [9.17, 15) is 18.5 Å². The van der Waals surface area contributed by atoms with Gasteiger partial charge in [0.05, 0.1) is 4.92 Å². The van der Waals surface area contributed by atoms with E-state index in [2.05, 4.69) is 10.2 Å². The maximum Gasteiger partial charge on any atom is 0.289 e. The highest BCUT2D eigenvalue weighted by Crippen LogP contribution is 2.31. The lowest BCUT2D eigenvalue weighted by Crippen LogP contribution is -2.49. The fourth-order valence-corrected chi connectivity index (χ4v) is 5.17. The van der Waals surface area contributed by atoms with Gasteiger partial charge in [0.25, 0.3) is 5.69 Å². The van der Waals surface area contributed by atoms with Crippen LogP contribution in [0.2, 0.25) is 5.02 Å². The van der Waals surface area contributed by atoms with Crippen molar-refractivity contribution in [3.63, 3.8) is 0 Å². The van der Waals surface area contributed by atoms with E-state index in [1.54, 1.807) is 0 Å². The lowest BCUT2D eigenvalue weighted by atomic mass is 10.2. The molecule has 0 aliphatic carbocycles. The number of rotatable bonds is 4. The first-order valence-corrected chi connectivity index (χ1v) is 9.60. The number of halogens is 1. The Morgan fingerprint density at radius 2 is 1.96 bits per heavy atom. The van der Waals surface area contributed by atoms with Crippen molar-refractivity contribution in [1.82, 2.24) is 14.5 Å². The van der Waals surface area contributed by atoms with Gasteiger partial charge in [-0.2, -0.15) is 4.31 Å². The van der Waals surface area contributed by atoms with E-state index in [-0.39, 0.29) is 16.0 Å². The first-order valence-electron chi connectivity index (χ1n) is 7.78. The fourth-order valence-electron chi connectivity index (χ4n) is 3.26. The van der Waals surface area contributed by atoms with Gasteiger partial charge in [0, 0.05) is 56.4 Å². The van der Waals surface area contributed by atoms with Crippen LogP contribution in [-0.2, 0) is 10.0 Å². The summed E-state index contributed by atoms with van der Waals surface area (Å²) in [7, 11) is -3.94. The molecule has 1 unspecified atom stereocenters. The van der Waals surface area contributed by atoms with Gasteiger partial charge in [-0.1, -0.05) is 11.6 Å². The number of nitro benzene ring substituents is 1. The first-order chi connectivity index (χ1) is 11.4. The van der Waals surface area contributed by atoms with Crippen molar-refractivity contribution in [2.45, 2.75) is 17.4 Å². The lowest BCUT2D eigenvalue weighted by molar-refractivity contribution is -0.387. The molecule has 1 N–H and O–H groups in total. The molecule has 1 aromatic rings. The topological polar surface area (TPSA) is 95.8 Å². The van der Waals surface area contributed by atoms with Crippen molar-refractivity contribution < 1.29 is 13.3 Å². The van der Waals surface area contributed by atoms with Crippen molar-refractivity contribution in [1.29, 1.82) is 0 Å². The molecule has 24 heavy (non-hydrogen) atoms. The van der Waals surface area contributed by atoms with Gasteiger partial charge in [-0.25, -0.2) is 8.42 Å². The van der Waals surface area contributed by atoms with Gasteiger partial charge in [0.2, 0.25) is 10.0 Å². The molecule has 2 fully saturated rings. The molecule has 0 saturated carbocycles.